The SMILES string of the molecule is C(=C(c1ccccc1)c1ccccc1)N(c1ccc(CCc2ccc(/C=C/c3ccc(N(C=C(c4ccccc4)c4ccccc4)c4ccc(Oc5ccccc5)cc4)cc3)cc2)cc1)c1ccc(Cc2ccccc2)cc1. The lowest BCUT2D eigenvalue weighted by Crippen LogP contribution is -2.10. The second kappa shape index (κ2) is 25.0. The predicted molar refractivity (Wildman–Crippen MR) is 329 cm³/mol. The normalized spacial score (nSPS) is 10.9. The molecular weight excluding hydrogens is 945 g/mol. The Balaban J connectivity index is 0.786. The van der Waals surface area contributed by atoms with E-state index in [0.717, 1.165) is 86.9 Å². The van der Waals surface area contributed by atoms with Gasteiger partial charge in [0.25, 0.3) is 0 Å². The first kappa shape index (κ1) is 50.2. The van der Waals surface area contributed by atoms with E-state index in [0.29, 0.717) is 0 Å². The third-order valence-electron chi connectivity index (χ3n) is 14.0. The number of para-hydroxylation sites is 1. The highest BCUT2D eigenvalue weighted by molar-refractivity contribution is 5.85. The third kappa shape index (κ3) is 13.1. The van der Waals surface area contributed by atoms with Crippen LogP contribution in [0.5, 0.6) is 11.5 Å². The fourth-order valence-electron chi connectivity index (χ4n) is 9.71. The Morgan fingerprint density at radius 1 is 0.269 bits per heavy atom. The van der Waals surface area contributed by atoms with Crippen LogP contribution in [0, 0.1) is 0 Å². The van der Waals surface area contributed by atoms with Crippen molar-refractivity contribution in [1.82, 2.24) is 0 Å². The highest BCUT2D eigenvalue weighted by Gasteiger charge is 2.15. The van der Waals surface area contributed by atoms with Crippen LogP contribution in [0.2, 0.25) is 0 Å². The zero-order chi connectivity index (χ0) is 52.6. The molecule has 376 valence electrons. The Bertz CT molecular complexity index is 3610. The van der Waals surface area contributed by atoms with Crippen LogP contribution < -0.4 is 14.5 Å². The molecule has 78 heavy (non-hydrogen) atoms. The van der Waals surface area contributed by atoms with Gasteiger partial charge in [-0.1, -0.05) is 243 Å². The van der Waals surface area contributed by atoms with Gasteiger partial charge in [-0.3, -0.25) is 0 Å². The van der Waals surface area contributed by atoms with Gasteiger partial charge < -0.3 is 14.5 Å². The standard InChI is InChI=1S/C75H60N2O/c1-7-19-62(20-8-1)55-63-43-49-70(50-44-63)76(56-74(64-21-9-2-10-22-64)65-23-11-3-12-24-65)68-45-39-60(40-46-68)37-35-58-31-33-59(34-32-58)36-38-61-41-47-69(48-42-61)77(71-51-53-73(54-52-71)78-72-29-17-6-18-30-72)57-75(66-25-13-4-14-26-66)67-27-15-5-16-28-67/h1-34,36,38-54,56-57H,35,37,55H2/b38-36+. The number of anilines is 4. The average molecular weight is 1010 g/mol. The molecule has 0 aliphatic heterocycles. The van der Waals surface area contributed by atoms with Crippen molar-refractivity contribution in [2.24, 2.45) is 0 Å². The van der Waals surface area contributed by atoms with Gasteiger partial charge in [0, 0.05) is 46.3 Å². The van der Waals surface area contributed by atoms with Crippen molar-refractivity contribution in [2.75, 3.05) is 9.80 Å². The van der Waals surface area contributed by atoms with Crippen LogP contribution in [0.1, 0.15) is 55.6 Å². The minimum absolute atomic E-state index is 0.783. The smallest absolute Gasteiger partial charge is 0.127 e. The van der Waals surface area contributed by atoms with Crippen LogP contribution in [0.4, 0.5) is 22.7 Å². The second-order valence-electron chi connectivity index (χ2n) is 19.4. The summed E-state index contributed by atoms with van der Waals surface area (Å²) in [5.41, 5.74) is 18.7. The van der Waals surface area contributed by atoms with Crippen LogP contribution in [0.15, 0.2) is 316 Å². The molecule has 0 bridgehead atoms. The molecule has 0 saturated heterocycles. The van der Waals surface area contributed by atoms with Gasteiger partial charge in [-0.2, -0.15) is 0 Å². The fraction of sp³-hybridized carbons (Fsp3) is 0.0400. The second-order valence-corrected chi connectivity index (χ2v) is 19.4. The molecule has 0 aliphatic carbocycles. The fourth-order valence-corrected chi connectivity index (χ4v) is 9.71. The van der Waals surface area contributed by atoms with Gasteiger partial charge in [-0.25, -0.2) is 0 Å². The number of rotatable bonds is 19. The summed E-state index contributed by atoms with van der Waals surface area (Å²) >= 11 is 0. The maximum absolute atomic E-state index is 6.17. The van der Waals surface area contributed by atoms with E-state index in [1.165, 1.54) is 33.4 Å². The van der Waals surface area contributed by atoms with Gasteiger partial charge in [0.1, 0.15) is 11.5 Å². The maximum atomic E-state index is 6.17. The summed E-state index contributed by atoms with van der Waals surface area (Å²) in [6.45, 7) is 0. The molecular formula is C75H60N2O. The maximum Gasteiger partial charge on any atom is 0.127 e. The first-order valence-corrected chi connectivity index (χ1v) is 26.8. The van der Waals surface area contributed by atoms with Crippen molar-refractivity contribution >= 4 is 46.0 Å². The van der Waals surface area contributed by atoms with Crippen molar-refractivity contribution in [3.05, 3.63) is 371 Å². The first-order valence-electron chi connectivity index (χ1n) is 26.8. The Hall–Kier alpha value is -9.96. The molecule has 0 heterocycles. The molecule has 0 saturated carbocycles. The summed E-state index contributed by atoms with van der Waals surface area (Å²) in [5.74, 6) is 1.59. The van der Waals surface area contributed by atoms with Gasteiger partial charge in [-0.05, 0) is 148 Å². The minimum Gasteiger partial charge on any atom is -0.457 e. The Labute approximate surface area is 460 Å². The molecule has 0 spiro atoms. The van der Waals surface area contributed by atoms with Gasteiger partial charge in [0.05, 0.1) is 0 Å². The average Bonchev–Trinajstić information content (AvgIpc) is 3.53. The van der Waals surface area contributed by atoms with E-state index < -0.39 is 0 Å². The lowest BCUT2D eigenvalue weighted by atomic mass is 9.98. The summed E-state index contributed by atoms with van der Waals surface area (Å²) in [7, 11) is 0. The van der Waals surface area contributed by atoms with E-state index in [1.54, 1.807) is 0 Å². The Kier molecular flexibility index (Phi) is 16.1. The number of ether oxygens (including phenoxy) is 1. The Morgan fingerprint density at radius 2 is 0.551 bits per heavy atom. The van der Waals surface area contributed by atoms with Crippen molar-refractivity contribution in [2.45, 2.75) is 19.3 Å². The van der Waals surface area contributed by atoms with Crippen molar-refractivity contribution in [3.63, 3.8) is 0 Å². The zero-order valence-electron chi connectivity index (χ0n) is 43.6. The van der Waals surface area contributed by atoms with Crippen LogP contribution in [-0.4, -0.2) is 0 Å². The van der Waals surface area contributed by atoms with Gasteiger partial charge in [0.2, 0.25) is 0 Å². The number of benzene rings is 11. The van der Waals surface area contributed by atoms with E-state index in [1.807, 2.05) is 42.5 Å². The number of aryl methyl sites for hydroxylation is 2. The van der Waals surface area contributed by atoms with Gasteiger partial charge in [0.15, 0.2) is 0 Å². The van der Waals surface area contributed by atoms with E-state index in [-0.39, 0.29) is 0 Å². The first-order chi connectivity index (χ1) is 38.6. The molecule has 11 aromatic carbocycles. The van der Waals surface area contributed by atoms with Crippen LogP contribution in [0.3, 0.4) is 0 Å². The molecule has 11 aromatic rings. The van der Waals surface area contributed by atoms with Crippen molar-refractivity contribution in [1.29, 1.82) is 0 Å². The molecule has 0 atom stereocenters. The molecule has 11 rings (SSSR count). The topological polar surface area (TPSA) is 15.7 Å². The van der Waals surface area contributed by atoms with Gasteiger partial charge in [-0.15, -0.1) is 0 Å². The van der Waals surface area contributed by atoms with Crippen LogP contribution in [-0.2, 0) is 19.3 Å². The van der Waals surface area contributed by atoms with Crippen molar-refractivity contribution < 1.29 is 4.74 Å². The monoisotopic (exact) mass is 1000 g/mol. The van der Waals surface area contributed by atoms with Crippen molar-refractivity contribution in [3.8, 4) is 11.5 Å². The van der Waals surface area contributed by atoms with E-state index in [2.05, 4.69) is 295 Å². The molecule has 0 N–H and O–H groups in total. The zero-order valence-corrected chi connectivity index (χ0v) is 43.6. The third-order valence-corrected chi connectivity index (χ3v) is 14.0. The highest BCUT2D eigenvalue weighted by atomic mass is 16.5. The summed E-state index contributed by atoms with van der Waals surface area (Å²) in [5, 5.41) is 0. The number of hydrogen-bond donors (Lipinski definition) is 0. The van der Waals surface area contributed by atoms with Crippen LogP contribution >= 0.6 is 0 Å². The van der Waals surface area contributed by atoms with Crippen LogP contribution in [0.25, 0.3) is 23.3 Å². The minimum atomic E-state index is 0.783. The van der Waals surface area contributed by atoms with E-state index in [4.69, 9.17) is 4.74 Å². The summed E-state index contributed by atoms with van der Waals surface area (Å²) < 4.78 is 6.17. The van der Waals surface area contributed by atoms with E-state index in [9.17, 15) is 0 Å². The largest absolute Gasteiger partial charge is 0.457 e. The quantitative estimate of drug-likeness (QED) is 0.0751. The predicted octanol–water partition coefficient (Wildman–Crippen LogP) is 19.5. The summed E-state index contributed by atoms with van der Waals surface area (Å²) in [6, 6.07) is 107. The molecule has 0 unspecified atom stereocenters. The summed E-state index contributed by atoms with van der Waals surface area (Å²) in [6.07, 6.45) is 11.7. The lowest BCUT2D eigenvalue weighted by Gasteiger charge is -2.24. The molecule has 3 heteroatoms. The lowest BCUT2D eigenvalue weighted by molar-refractivity contribution is 0.483. The molecule has 0 fully saturated rings. The van der Waals surface area contributed by atoms with Gasteiger partial charge >= 0.3 is 0 Å². The molecule has 0 radical (unpaired) electrons. The van der Waals surface area contributed by atoms with E-state index >= 15 is 0 Å². The molecule has 0 aliphatic rings. The Morgan fingerprint density at radius 3 is 0.949 bits per heavy atom. The molecule has 0 aromatic heterocycles. The number of nitrogens with zero attached hydrogens (tertiary/aromatic N) is 2. The summed E-state index contributed by atoms with van der Waals surface area (Å²) in [4.78, 5) is 4.59. The molecule has 0 amide bonds. The molecule has 3 nitrogen and oxygen atoms in total. The number of hydrogen-bond acceptors (Lipinski definition) is 3. The highest BCUT2D eigenvalue weighted by Crippen LogP contribution is 2.35.